The Morgan fingerprint density at radius 3 is 2.17 bits per heavy atom. The van der Waals surface area contributed by atoms with Crippen LogP contribution in [0.15, 0.2) is 0 Å². The molecule has 102 valence electrons. The minimum atomic E-state index is 0.225. The quantitative estimate of drug-likeness (QED) is 0.577. The van der Waals surface area contributed by atoms with Gasteiger partial charge >= 0.3 is 0 Å². The molecule has 0 saturated carbocycles. The van der Waals surface area contributed by atoms with Gasteiger partial charge in [-0.3, -0.25) is 14.5 Å². The predicted molar refractivity (Wildman–Crippen MR) is 68.2 cm³/mol. The molecule has 0 unspecified atom stereocenters. The van der Waals surface area contributed by atoms with E-state index >= 15 is 0 Å². The summed E-state index contributed by atoms with van der Waals surface area (Å²) < 4.78 is 0. The van der Waals surface area contributed by atoms with Crippen LogP contribution in [-0.2, 0) is 9.59 Å². The lowest BCUT2D eigenvalue weighted by Crippen LogP contribution is -2.53. The second-order valence-corrected chi connectivity index (χ2v) is 5.10. The Hall–Kier alpha value is -1.14. The lowest BCUT2D eigenvalue weighted by atomic mass is 10.3. The van der Waals surface area contributed by atoms with Gasteiger partial charge in [-0.15, -0.1) is 0 Å². The maximum absolute atomic E-state index is 12.1. The summed E-state index contributed by atoms with van der Waals surface area (Å²) in [7, 11) is 2.08. The third-order valence-corrected chi connectivity index (χ3v) is 3.77. The van der Waals surface area contributed by atoms with Crippen LogP contribution in [-0.4, -0.2) is 97.9 Å². The minimum absolute atomic E-state index is 0.225. The number of piperazine rings is 2. The molecule has 0 aromatic carbocycles. The smallest absolute Gasteiger partial charge is 0.236 e. The summed E-state index contributed by atoms with van der Waals surface area (Å²) in [4.78, 5) is 30.8. The molecule has 0 N–H and O–H groups in total. The second kappa shape index (κ2) is 6.15. The van der Waals surface area contributed by atoms with Crippen LogP contribution in [0.25, 0.3) is 0 Å². The Bertz CT molecular complexity index is 294. The van der Waals surface area contributed by atoms with E-state index in [1.54, 1.807) is 4.90 Å². The number of nitrogens with zero attached hydrogens (tertiary/aromatic N) is 4. The van der Waals surface area contributed by atoms with Crippen molar-refractivity contribution in [2.24, 2.45) is 0 Å². The molecule has 6 heteroatoms. The first-order valence-electron chi connectivity index (χ1n) is 6.57. The van der Waals surface area contributed by atoms with Gasteiger partial charge < -0.3 is 14.7 Å². The van der Waals surface area contributed by atoms with E-state index in [4.69, 9.17) is 0 Å². The maximum atomic E-state index is 12.1. The molecule has 0 bridgehead atoms. The van der Waals surface area contributed by atoms with Crippen molar-refractivity contribution < 1.29 is 9.59 Å². The molecule has 0 radical (unpaired) electrons. The molecule has 0 spiro atoms. The van der Waals surface area contributed by atoms with Crippen LogP contribution in [0.4, 0.5) is 0 Å². The van der Waals surface area contributed by atoms with Gasteiger partial charge in [0.05, 0.1) is 6.54 Å². The number of hydrogen-bond donors (Lipinski definition) is 0. The summed E-state index contributed by atoms with van der Waals surface area (Å²) in [6, 6.07) is 0. The summed E-state index contributed by atoms with van der Waals surface area (Å²) >= 11 is 0. The second-order valence-electron chi connectivity index (χ2n) is 5.10. The monoisotopic (exact) mass is 254 g/mol. The van der Waals surface area contributed by atoms with E-state index in [0.29, 0.717) is 6.54 Å². The van der Waals surface area contributed by atoms with Crippen molar-refractivity contribution in [3.8, 4) is 0 Å². The Kier molecular flexibility index (Phi) is 4.54. The number of rotatable bonds is 3. The Labute approximate surface area is 108 Å². The van der Waals surface area contributed by atoms with Gasteiger partial charge in [0, 0.05) is 52.4 Å². The molecular formula is C12H22N4O2. The third-order valence-electron chi connectivity index (χ3n) is 3.77. The first-order valence-corrected chi connectivity index (χ1v) is 6.57. The van der Waals surface area contributed by atoms with Crippen LogP contribution in [0, 0.1) is 0 Å². The molecular weight excluding hydrogens is 232 g/mol. The molecule has 2 rings (SSSR count). The van der Waals surface area contributed by atoms with E-state index in [-0.39, 0.29) is 5.91 Å². The molecule has 2 heterocycles. The van der Waals surface area contributed by atoms with Crippen molar-refractivity contribution >= 4 is 12.3 Å². The van der Waals surface area contributed by atoms with E-state index in [1.165, 1.54) is 0 Å². The molecule has 18 heavy (non-hydrogen) atoms. The number of amides is 2. The first kappa shape index (κ1) is 13.3. The average Bonchev–Trinajstić information content (AvgIpc) is 2.40. The molecule has 2 amide bonds. The topological polar surface area (TPSA) is 47.1 Å². The average molecular weight is 254 g/mol. The molecule has 0 aromatic heterocycles. The van der Waals surface area contributed by atoms with Crippen LogP contribution in [0.3, 0.4) is 0 Å². The first-order chi connectivity index (χ1) is 8.69. The summed E-state index contributed by atoms with van der Waals surface area (Å²) in [5.41, 5.74) is 0. The fourth-order valence-electron chi connectivity index (χ4n) is 2.37. The molecule has 0 atom stereocenters. The summed E-state index contributed by atoms with van der Waals surface area (Å²) in [6.45, 7) is 7.18. The highest BCUT2D eigenvalue weighted by Crippen LogP contribution is 2.03. The normalized spacial score (nSPS) is 23.2. The maximum Gasteiger partial charge on any atom is 0.236 e. The molecule has 0 aromatic rings. The van der Waals surface area contributed by atoms with Gasteiger partial charge in [-0.25, -0.2) is 0 Å². The Morgan fingerprint density at radius 1 is 1.00 bits per heavy atom. The van der Waals surface area contributed by atoms with Crippen LogP contribution in [0.2, 0.25) is 0 Å². The van der Waals surface area contributed by atoms with Crippen molar-refractivity contribution in [2.45, 2.75) is 0 Å². The van der Waals surface area contributed by atoms with E-state index in [2.05, 4.69) is 16.8 Å². The fourth-order valence-corrected chi connectivity index (χ4v) is 2.37. The minimum Gasteiger partial charge on any atom is -0.343 e. The van der Waals surface area contributed by atoms with Crippen molar-refractivity contribution in [1.82, 2.24) is 19.6 Å². The molecule has 0 aliphatic carbocycles. The van der Waals surface area contributed by atoms with Crippen LogP contribution in [0.1, 0.15) is 0 Å². The highest BCUT2D eigenvalue weighted by molar-refractivity contribution is 5.78. The van der Waals surface area contributed by atoms with Crippen LogP contribution < -0.4 is 0 Å². The molecule has 2 aliphatic heterocycles. The lowest BCUT2D eigenvalue weighted by Gasteiger charge is -2.36. The van der Waals surface area contributed by atoms with E-state index < -0.39 is 0 Å². The van der Waals surface area contributed by atoms with Gasteiger partial charge in [0.2, 0.25) is 12.3 Å². The summed E-state index contributed by atoms with van der Waals surface area (Å²) in [6.07, 6.45) is 0.889. The van der Waals surface area contributed by atoms with E-state index in [9.17, 15) is 9.59 Å². The third kappa shape index (κ3) is 3.43. The number of carbonyl (C=O) groups is 2. The van der Waals surface area contributed by atoms with Gasteiger partial charge in [0.15, 0.2) is 0 Å². The summed E-state index contributed by atoms with van der Waals surface area (Å²) in [5.74, 6) is 0.225. The lowest BCUT2D eigenvalue weighted by molar-refractivity contribution is -0.134. The SMILES string of the molecule is CN1CCN(C(=O)CN2CCN(C=O)CC2)CC1. The largest absolute Gasteiger partial charge is 0.343 e. The zero-order valence-electron chi connectivity index (χ0n) is 11.0. The van der Waals surface area contributed by atoms with Gasteiger partial charge in [0.1, 0.15) is 0 Å². The van der Waals surface area contributed by atoms with Crippen LogP contribution in [0.5, 0.6) is 0 Å². The Morgan fingerprint density at radius 2 is 1.61 bits per heavy atom. The van der Waals surface area contributed by atoms with Crippen LogP contribution >= 0.6 is 0 Å². The number of likely N-dealkylation sites (N-methyl/N-ethyl adjacent to an activating group) is 1. The van der Waals surface area contributed by atoms with Crippen molar-refractivity contribution in [3.05, 3.63) is 0 Å². The molecule has 2 saturated heterocycles. The number of carbonyl (C=O) groups excluding carboxylic acids is 2. The zero-order chi connectivity index (χ0) is 13.0. The summed E-state index contributed by atoms with van der Waals surface area (Å²) in [5, 5.41) is 0. The molecule has 2 aliphatic rings. The van der Waals surface area contributed by atoms with E-state index in [1.807, 2.05) is 4.90 Å². The standard InChI is InChI=1S/C12H22N4O2/c1-13-2-8-16(9-3-13)12(18)10-14-4-6-15(11-17)7-5-14/h11H,2-10H2,1H3. The van der Waals surface area contributed by atoms with E-state index in [0.717, 1.165) is 58.8 Å². The van der Waals surface area contributed by atoms with Crippen molar-refractivity contribution in [3.63, 3.8) is 0 Å². The highest BCUT2D eigenvalue weighted by atomic mass is 16.2. The van der Waals surface area contributed by atoms with Gasteiger partial charge in [0.25, 0.3) is 0 Å². The zero-order valence-corrected chi connectivity index (χ0v) is 11.0. The molecule has 6 nitrogen and oxygen atoms in total. The van der Waals surface area contributed by atoms with Gasteiger partial charge in [-0.1, -0.05) is 0 Å². The molecule has 2 fully saturated rings. The predicted octanol–water partition coefficient (Wildman–Crippen LogP) is -1.47. The van der Waals surface area contributed by atoms with Gasteiger partial charge in [-0.05, 0) is 7.05 Å². The Balaban J connectivity index is 1.73. The van der Waals surface area contributed by atoms with Crippen molar-refractivity contribution in [1.29, 1.82) is 0 Å². The van der Waals surface area contributed by atoms with Gasteiger partial charge in [-0.2, -0.15) is 0 Å². The number of hydrogen-bond acceptors (Lipinski definition) is 4. The highest BCUT2D eigenvalue weighted by Gasteiger charge is 2.23. The van der Waals surface area contributed by atoms with Crippen molar-refractivity contribution in [2.75, 3.05) is 66.0 Å². The fraction of sp³-hybridized carbons (Fsp3) is 0.833.